The van der Waals surface area contributed by atoms with E-state index in [-0.39, 0.29) is 11.6 Å². The number of primary amides is 1. The fourth-order valence-electron chi connectivity index (χ4n) is 4.37. The number of amides is 3. The number of carbonyl (C=O) groups is 2. The minimum atomic E-state index is -0.498. The van der Waals surface area contributed by atoms with E-state index in [0.717, 1.165) is 42.8 Å². The van der Waals surface area contributed by atoms with Gasteiger partial charge in [0.05, 0.1) is 17.8 Å². The van der Waals surface area contributed by atoms with Crippen molar-refractivity contribution in [3.05, 3.63) is 51.9 Å². The molecule has 30 heavy (non-hydrogen) atoms. The van der Waals surface area contributed by atoms with Crippen LogP contribution in [-0.4, -0.2) is 35.5 Å². The Kier molecular flexibility index (Phi) is 5.84. The Bertz CT molecular complexity index is 931. The van der Waals surface area contributed by atoms with Crippen LogP contribution in [0.25, 0.3) is 0 Å². The van der Waals surface area contributed by atoms with Crippen molar-refractivity contribution >= 4 is 28.3 Å². The molecule has 1 aromatic heterocycles. The summed E-state index contributed by atoms with van der Waals surface area (Å²) in [4.78, 5) is 27.9. The van der Waals surface area contributed by atoms with E-state index < -0.39 is 5.91 Å². The van der Waals surface area contributed by atoms with E-state index in [2.05, 4.69) is 29.6 Å². The van der Waals surface area contributed by atoms with Gasteiger partial charge in [-0.15, -0.1) is 11.3 Å². The van der Waals surface area contributed by atoms with Crippen LogP contribution in [-0.2, 0) is 24.2 Å². The van der Waals surface area contributed by atoms with Crippen LogP contribution >= 0.6 is 11.3 Å². The van der Waals surface area contributed by atoms with Gasteiger partial charge in [0.15, 0.2) is 0 Å². The molecule has 7 heteroatoms. The largest absolute Gasteiger partial charge is 0.370 e. The number of thiophene rings is 1. The van der Waals surface area contributed by atoms with Gasteiger partial charge >= 0.3 is 6.03 Å². The number of nitrogens with one attached hydrogen (secondary N) is 1. The molecule has 1 aromatic carbocycles. The number of carbonyl (C=O) groups excluding carboxylic acids is 2. The molecular weight excluding hydrogens is 398 g/mol. The second-order valence-electron chi connectivity index (χ2n) is 8.85. The second-order valence-corrected chi connectivity index (χ2v) is 9.95. The lowest BCUT2D eigenvalue weighted by atomic mass is 9.90. The van der Waals surface area contributed by atoms with Gasteiger partial charge in [-0.25, -0.2) is 4.79 Å². The van der Waals surface area contributed by atoms with Crippen LogP contribution in [0.5, 0.6) is 0 Å². The van der Waals surface area contributed by atoms with Gasteiger partial charge in [0, 0.05) is 24.4 Å². The average molecular weight is 428 g/mol. The van der Waals surface area contributed by atoms with Gasteiger partial charge in [0.1, 0.15) is 5.00 Å². The zero-order valence-corrected chi connectivity index (χ0v) is 18.4. The third kappa shape index (κ3) is 4.52. The summed E-state index contributed by atoms with van der Waals surface area (Å²) in [5.41, 5.74) is 8.04. The van der Waals surface area contributed by atoms with Gasteiger partial charge in [-0.05, 0) is 50.2 Å². The lowest BCUT2D eigenvalue weighted by Gasteiger charge is -2.32. The molecule has 3 amide bonds. The summed E-state index contributed by atoms with van der Waals surface area (Å²) in [5.74, 6) is 0.0909. The van der Waals surface area contributed by atoms with E-state index in [1.807, 2.05) is 24.8 Å². The molecule has 3 heterocycles. The third-order valence-electron chi connectivity index (χ3n) is 6.02. The smallest absolute Gasteiger partial charge is 0.322 e. The van der Waals surface area contributed by atoms with Crippen molar-refractivity contribution < 1.29 is 14.3 Å². The number of rotatable bonds is 4. The van der Waals surface area contributed by atoms with E-state index in [4.69, 9.17) is 10.5 Å². The molecule has 0 radical (unpaired) electrons. The standard InChI is InChI=1S/C23H29N3O3S/c1-23(2)13-17-18(14-29-23)30-21(19(17)20(24)27)25-22(28)26-10-8-16(9-11-26)12-15-6-4-3-5-7-15/h3-7,16H,8-14H2,1-2H3,(H2,24,27)(H,25,28). The van der Waals surface area contributed by atoms with Gasteiger partial charge in [0.2, 0.25) is 0 Å². The summed E-state index contributed by atoms with van der Waals surface area (Å²) >= 11 is 1.40. The predicted molar refractivity (Wildman–Crippen MR) is 119 cm³/mol. The SMILES string of the molecule is CC1(C)Cc2c(sc(NC(=O)N3CCC(Cc4ccccc4)CC3)c2C(N)=O)CO1. The maximum Gasteiger partial charge on any atom is 0.322 e. The first-order valence-electron chi connectivity index (χ1n) is 10.5. The number of hydrogen-bond donors (Lipinski definition) is 2. The number of benzene rings is 1. The fourth-order valence-corrected chi connectivity index (χ4v) is 5.49. The Morgan fingerprint density at radius 3 is 2.60 bits per heavy atom. The number of nitrogens with zero attached hydrogens (tertiary/aromatic N) is 1. The van der Waals surface area contributed by atoms with Crippen molar-refractivity contribution in [1.29, 1.82) is 0 Å². The number of ether oxygens (including phenoxy) is 1. The van der Waals surface area contributed by atoms with Gasteiger partial charge < -0.3 is 15.4 Å². The van der Waals surface area contributed by atoms with Crippen LogP contribution in [0.4, 0.5) is 9.80 Å². The molecule has 0 saturated carbocycles. The van der Waals surface area contributed by atoms with Gasteiger partial charge in [-0.3, -0.25) is 10.1 Å². The first-order valence-corrected chi connectivity index (χ1v) is 11.3. The zero-order chi connectivity index (χ0) is 21.3. The molecule has 0 bridgehead atoms. The highest BCUT2D eigenvalue weighted by molar-refractivity contribution is 7.17. The summed E-state index contributed by atoms with van der Waals surface area (Å²) in [5, 5.41) is 3.51. The Hall–Kier alpha value is -2.38. The second kappa shape index (κ2) is 8.40. The molecule has 4 rings (SSSR count). The first-order chi connectivity index (χ1) is 14.3. The van der Waals surface area contributed by atoms with Crippen molar-refractivity contribution in [2.75, 3.05) is 18.4 Å². The number of hydrogen-bond acceptors (Lipinski definition) is 4. The highest BCUT2D eigenvalue weighted by Gasteiger charge is 2.34. The number of anilines is 1. The summed E-state index contributed by atoms with van der Waals surface area (Å²) in [7, 11) is 0. The Morgan fingerprint density at radius 2 is 1.93 bits per heavy atom. The Balaban J connectivity index is 1.40. The summed E-state index contributed by atoms with van der Waals surface area (Å²) in [6.45, 7) is 5.87. The summed E-state index contributed by atoms with van der Waals surface area (Å²) in [6.07, 6.45) is 3.62. The fraction of sp³-hybridized carbons (Fsp3) is 0.478. The molecule has 3 N–H and O–H groups in total. The lowest BCUT2D eigenvalue weighted by molar-refractivity contribution is -0.0383. The van der Waals surface area contributed by atoms with Crippen LogP contribution in [0.2, 0.25) is 0 Å². The topological polar surface area (TPSA) is 84.7 Å². The molecule has 2 aliphatic heterocycles. The molecule has 1 fully saturated rings. The van der Waals surface area contributed by atoms with Crippen LogP contribution in [0, 0.1) is 5.92 Å². The van der Waals surface area contributed by atoms with Gasteiger partial charge in [0.25, 0.3) is 5.91 Å². The maximum atomic E-state index is 12.9. The molecule has 0 unspecified atom stereocenters. The van der Waals surface area contributed by atoms with Gasteiger partial charge in [-0.2, -0.15) is 0 Å². The highest BCUT2D eigenvalue weighted by atomic mass is 32.1. The number of likely N-dealkylation sites (tertiary alicyclic amines) is 1. The van der Waals surface area contributed by atoms with Gasteiger partial charge in [-0.1, -0.05) is 30.3 Å². The predicted octanol–water partition coefficient (Wildman–Crippen LogP) is 4.18. The Morgan fingerprint density at radius 1 is 1.23 bits per heavy atom. The number of piperidine rings is 1. The van der Waals surface area contributed by atoms with E-state index in [1.54, 1.807) is 0 Å². The van der Waals surface area contributed by atoms with Crippen molar-refractivity contribution in [1.82, 2.24) is 4.90 Å². The Labute approximate surface area is 181 Å². The molecule has 1 saturated heterocycles. The van der Waals surface area contributed by atoms with E-state index in [9.17, 15) is 9.59 Å². The highest BCUT2D eigenvalue weighted by Crippen LogP contribution is 2.40. The minimum absolute atomic E-state index is 0.158. The van der Waals surface area contributed by atoms with E-state index in [0.29, 0.717) is 29.5 Å². The zero-order valence-electron chi connectivity index (χ0n) is 17.6. The van der Waals surface area contributed by atoms with Crippen LogP contribution in [0.15, 0.2) is 30.3 Å². The number of urea groups is 1. The molecule has 6 nitrogen and oxygen atoms in total. The molecule has 0 atom stereocenters. The lowest BCUT2D eigenvalue weighted by Crippen LogP contribution is -2.41. The third-order valence-corrected chi connectivity index (χ3v) is 7.14. The van der Waals surface area contributed by atoms with Crippen molar-refractivity contribution in [2.45, 2.75) is 51.7 Å². The minimum Gasteiger partial charge on any atom is -0.370 e. The monoisotopic (exact) mass is 427 g/mol. The number of fused-ring (bicyclic) bond motifs is 1. The molecule has 2 aliphatic rings. The average Bonchev–Trinajstić information content (AvgIpc) is 3.05. The van der Waals surface area contributed by atoms with Crippen LogP contribution in [0.1, 0.15) is 53.1 Å². The number of nitrogens with two attached hydrogens (primary N) is 1. The van der Waals surface area contributed by atoms with E-state index in [1.165, 1.54) is 16.9 Å². The van der Waals surface area contributed by atoms with Crippen molar-refractivity contribution in [3.63, 3.8) is 0 Å². The molecule has 0 spiro atoms. The van der Waals surface area contributed by atoms with Crippen molar-refractivity contribution in [2.24, 2.45) is 11.7 Å². The molecule has 0 aliphatic carbocycles. The quantitative estimate of drug-likeness (QED) is 0.767. The first kappa shape index (κ1) is 20.9. The normalized spacial score (nSPS) is 18.7. The summed E-state index contributed by atoms with van der Waals surface area (Å²) in [6, 6.07) is 10.3. The molecule has 2 aromatic rings. The maximum absolute atomic E-state index is 12.9. The summed E-state index contributed by atoms with van der Waals surface area (Å²) < 4.78 is 5.86. The van der Waals surface area contributed by atoms with E-state index >= 15 is 0 Å². The van der Waals surface area contributed by atoms with Crippen LogP contribution < -0.4 is 11.1 Å². The van der Waals surface area contributed by atoms with Crippen molar-refractivity contribution in [3.8, 4) is 0 Å². The van der Waals surface area contributed by atoms with Crippen LogP contribution in [0.3, 0.4) is 0 Å². The molecular formula is C23H29N3O3S. The molecule has 160 valence electrons.